The number of rotatable bonds is 6. The number of hydrogen-bond donors (Lipinski definition) is 0. The Morgan fingerprint density at radius 3 is 3.06 bits per heavy atom. The Morgan fingerprint density at radius 1 is 1.56 bits per heavy atom. The summed E-state index contributed by atoms with van der Waals surface area (Å²) in [5.74, 6) is 0. The van der Waals surface area contributed by atoms with E-state index in [0.717, 1.165) is 31.9 Å². The van der Waals surface area contributed by atoms with Crippen LogP contribution in [0.1, 0.15) is 18.2 Å². The highest BCUT2D eigenvalue weighted by Crippen LogP contribution is 2.06. The molecule has 0 radical (unpaired) electrons. The third kappa shape index (κ3) is 3.97. The first-order chi connectivity index (χ1) is 7.77. The summed E-state index contributed by atoms with van der Waals surface area (Å²) in [6, 6.07) is 5.89. The lowest BCUT2D eigenvalue weighted by Crippen LogP contribution is -2.23. The molecule has 0 saturated heterocycles. The van der Waals surface area contributed by atoms with Crippen LogP contribution >= 0.6 is 0 Å². The summed E-state index contributed by atoms with van der Waals surface area (Å²) in [7, 11) is 2.01. The molecule has 16 heavy (non-hydrogen) atoms. The smallest absolute Gasteiger partial charge is 0.144 e. The molecule has 1 aromatic heterocycles. The Bertz CT molecular complexity index is 360. The first-order valence-electron chi connectivity index (χ1n) is 5.38. The summed E-state index contributed by atoms with van der Waals surface area (Å²) < 4.78 is 5.28. The average Bonchev–Trinajstić information content (AvgIpc) is 2.30. The second-order valence-electron chi connectivity index (χ2n) is 3.56. The van der Waals surface area contributed by atoms with Crippen LogP contribution in [0.4, 0.5) is 0 Å². The van der Waals surface area contributed by atoms with E-state index in [9.17, 15) is 0 Å². The maximum absolute atomic E-state index is 8.89. The Kier molecular flexibility index (Phi) is 5.48. The van der Waals surface area contributed by atoms with Crippen LogP contribution in [0.3, 0.4) is 0 Å². The Labute approximate surface area is 96.5 Å². The van der Waals surface area contributed by atoms with E-state index < -0.39 is 0 Å². The number of ether oxygens (including phenoxy) is 1. The molecule has 1 heterocycles. The molecule has 0 aliphatic rings. The zero-order valence-electron chi connectivity index (χ0n) is 9.81. The van der Waals surface area contributed by atoms with Crippen molar-refractivity contribution in [3.05, 3.63) is 29.6 Å². The van der Waals surface area contributed by atoms with Gasteiger partial charge in [0.1, 0.15) is 11.8 Å². The molecular weight excluding hydrogens is 202 g/mol. The molecule has 0 unspecified atom stereocenters. The van der Waals surface area contributed by atoms with Crippen molar-refractivity contribution in [1.82, 2.24) is 9.88 Å². The predicted molar refractivity (Wildman–Crippen MR) is 61.8 cm³/mol. The lowest BCUT2D eigenvalue weighted by atomic mass is 10.2. The average molecular weight is 219 g/mol. The second kappa shape index (κ2) is 6.94. The molecular formula is C12H17N3O. The van der Waals surface area contributed by atoms with E-state index in [0.29, 0.717) is 5.69 Å². The minimum atomic E-state index is 0.505. The van der Waals surface area contributed by atoms with E-state index in [1.165, 1.54) is 0 Å². The first-order valence-corrected chi connectivity index (χ1v) is 5.38. The molecule has 0 bridgehead atoms. The van der Waals surface area contributed by atoms with Crippen LogP contribution in [0.25, 0.3) is 0 Å². The molecule has 1 rings (SSSR count). The SMILES string of the molecule is CCOCCN(C)Cc1cccnc1C#N. The third-order valence-electron chi connectivity index (χ3n) is 2.26. The van der Waals surface area contributed by atoms with E-state index >= 15 is 0 Å². The summed E-state index contributed by atoms with van der Waals surface area (Å²) >= 11 is 0. The summed E-state index contributed by atoms with van der Waals surface area (Å²) in [4.78, 5) is 6.15. The van der Waals surface area contributed by atoms with Crippen molar-refractivity contribution in [2.75, 3.05) is 26.8 Å². The monoisotopic (exact) mass is 219 g/mol. The van der Waals surface area contributed by atoms with E-state index in [-0.39, 0.29) is 0 Å². The maximum Gasteiger partial charge on any atom is 0.144 e. The number of nitriles is 1. The fourth-order valence-electron chi connectivity index (χ4n) is 1.40. The molecule has 4 nitrogen and oxygen atoms in total. The number of hydrogen-bond acceptors (Lipinski definition) is 4. The van der Waals surface area contributed by atoms with Crippen molar-refractivity contribution in [3.8, 4) is 6.07 Å². The Balaban J connectivity index is 2.49. The van der Waals surface area contributed by atoms with Gasteiger partial charge in [-0.2, -0.15) is 5.26 Å². The van der Waals surface area contributed by atoms with Crippen molar-refractivity contribution in [1.29, 1.82) is 5.26 Å². The molecule has 0 saturated carbocycles. The highest BCUT2D eigenvalue weighted by Gasteiger charge is 2.05. The molecule has 4 heteroatoms. The number of likely N-dealkylation sites (N-methyl/N-ethyl adjacent to an activating group) is 1. The maximum atomic E-state index is 8.89. The van der Waals surface area contributed by atoms with Gasteiger partial charge in [0.15, 0.2) is 0 Å². The van der Waals surface area contributed by atoms with Gasteiger partial charge in [0.2, 0.25) is 0 Å². The standard InChI is InChI=1S/C12H17N3O/c1-3-16-8-7-15(2)10-11-5-4-6-14-12(11)9-13/h4-6H,3,7-8,10H2,1-2H3. The molecule has 0 fully saturated rings. The van der Waals surface area contributed by atoms with Crippen LogP contribution < -0.4 is 0 Å². The van der Waals surface area contributed by atoms with Gasteiger partial charge in [-0.05, 0) is 20.0 Å². The molecule has 0 aliphatic carbocycles. The molecule has 0 atom stereocenters. The topological polar surface area (TPSA) is 49.1 Å². The van der Waals surface area contributed by atoms with E-state index in [2.05, 4.69) is 16.0 Å². The minimum Gasteiger partial charge on any atom is -0.380 e. The van der Waals surface area contributed by atoms with Crippen molar-refractivity contribution < 1.29 is 4.74 Å². The molecule has 0 aliphatic heterocycles. The van der Waals surface area contributed by atoms with E-state index in [1.54, 1.807) is 6.20 Å². The normalized spacial score (nSPS) is 10.4. The lowest BCUT2D eigenvalue weighted by Gasteiger charge is -2.16. The van der Waals surface area contributed by atoms with Crippen LogP contribution in [0.5, 0.6) is 0 Å². The van der Waals surface area contributed by atoms with Gasteiger partial charge in [0.25, 0.3) is 0 Å². The molecule has 0 aromatic carbocycles. The minimum absolute atomic E-state index is 0.505. The highest BCUT2D eigenvalue weighted by atomic mass is 16.5. The fourth-order valence-corrected chi connectivity index (χ4v) is 1.40. The molecule has 0 N–H and O–H groups in total. The van der Waals surface area contributed by atoms with Gasteiger partial charge in [0.05, 0.1) is 6.61 Å². The van der Waals surface area contributed by atoms with Crippen LogP contribution in [0.2, 0.25) is 0 Å². The molecule has 0 spiro atoms. The summed E-state index contributed by atoms with van der Waals surface area (Å²) in [6.45, 7) is 5.02. The van der Waals surface area contributed by atoms with Crippen molar-refractivity contribution in [3.63, 3.8) is 0 Å². The largest absolute Gasteiger partial charge is 0.380 e. The van der Waals surface area contributed by atoms with Gasteiger partial charge in [0, 0.05) is 31.5 Å². The van der Waals surface area contributed by atoms with Crippen molar-refractivity contribution in [2.24, 2.45) is 0 Å². The quantitative estimate of drug-likeness (QED) is 0.679. The second-order valence-corrected chi connectivity index (χ2v) is 3.56. The van der Waals surface area contributed by atoms with Gasteiger partial charge in [-0.1, -0.05) is 6.07 Å². The molecule has 1 aromatic rings. The number of aromatic nitrogens is 1. The van der Waals surface area contributed by atoms with Crippen molar-refractivity contribution in [2.45, 2.75) is 13.5 Å². The van der Waals surface area contributed by atoms with Crippen molar-refractivity contribution >= 4 is 0 Å². The Hall–Kier alpha value is -1.44. The first kappa shape index (κ1) is 12.6. The van der Waals surface area contributed by atoms with Gasteiger partial charge in [-0.25, -0.2) is 4.98 Å². The zero-order chi connectivity index (χ0) is 11.8. The van der Waals surface area contributed by atoms with E-state index in [4.69, 9.17) is 10.00 Å². The summed E-state index contributed by atoms with van der Waals surface area (Å²) in [5.41, 5.74) is 1.47. The zero-order valence-corrected chi connectivity index (χ0v) is 9.81. The van der Waals surface area contributed by atoms with Gasteiger partial charge >= 0.3 is 0 Å². The van der Waals surface area contributed by atoms with E-state index in [1.807, 2.05) is 26.1 Å². The molecule has 86 valence electrons. The van der Waals surface area contributed by atoms with Crippen LogP contribution in [0.15, 0.2) is 18.3 Å². The van der Waals surface area contributed by atoms with Gasteiger partial charge < -0.3 is 4.74 Å². The summed E-state index contributed by atoms with van der Waals surface area (Å²) in [5, 5.41) is 8.89. The fraction of sp³-hybridized carbons (Fsp3) is 0.500. The number of nitrogens with zero attached hydrogens (tertiary/aromatic N) is 3. The molecule has 0 amide bonds. The van der Waals surface area contributed by atoms with Gasteiger partial charge in [-0.3, -0.25) is 4.90 Å². The third-order valence-corrected chi connectivity index (χ3v) is 2.26. The van der Waals surface area contributed by atoms with Crippen LogP contribution in [-0.2, 0) is 11.3 Å². The van der Waals surface area contributed by atoms with Crippen LogP contribution in [-0.4, -0.2) is 36.7 Å². The highest BCUT2D eigenvalue weighted by molar-refractivity contribution is 5.30. The Morgan fingerprint density at radius 2 is 2.38 bits per heavy atom. The van der Waals surface area contributed by atoms with Gasteiger partial charge in [-0.15, -0.1) is 0 Å². The predicted octanol–water partition coefficient (Wildman–Crippen LogP) is 1.42. The number of pyridine rings is 1. The lowest BCUT2D eigenvalue weighted by molar-refractivity contribution is 0.120. The summed E-state index contributed by atoms with van der Waals surface area (Å²) in [6.07, 6.45) is 1.64. The van der Waals surface area contributed by atoms with Crippen LogP contribution in [0, 0.1) is 11.3 Å².